The van der Waals surface area contributed by atoms with Gasteiger partial charge in [-0.05, 0) is 38.8 Å². The molecular weight excluding hydrogens is 268 g/mol. The van der Waals surface area contributed by atoms with Crippen LogP contribution in [-0.4, -0.2) is 31.8 Å². The Morgan fingerprint density at radius 3 is 2.67 bits per heavy atom. The van der Waals surface area contributed by atoms with Crippen LogP contribution in [0.3, 0.4) is 0 Å². The van der Waals surface area contributed by atoms with E-state index in [-0.39, 0.29) is 11.5 Å². The first kappa shape index (κ1) is 17.5. The van der Waals surface area contributed by atoms with E-state index in [0.717, 1.165) is 6.42 Å². The van der Waals surface area contributed by atoms with Crippen molar-refractivity contribution >= 4 is 17.3 Å². The van der Waals surface area contributed by atoms with Gasteiger partial charge in [0.1, 0.15) is 0 Å². The summed E-state index contributed by atoms with van der Waals surface area (Å²) in [6, 6.07) is 7.22. The highest BCUT2D eigenvalue weighted by molar-refractivity contribution is 5.93. The number of nitrogen functional groups attached to an aromatic ring is 1. The maximum absolute atomic E-state index is 11.8. The van der Waals surface area contributed by atoms with Crippen molar-refractivity contribution in [1.29, 1.82) is 0 Å². The van der Waals surface area contributed by atoms with Crippen molar-refractivity contribution in [2.24, 2.45) is 0 Å². The van der Waals surface area contributed by atoms with Crippen molar-refractivity contribution < 1.29 is 14.3 Å². The average molecular weight is 294 g/mol. The van der Waals surface area contributed by atoms with E-state index in [1.54, 1.807) is 19.2 Å². The Morgan fingerprint density at radius 2 is 2.00 bits per heavy atom. The highest BCUT2D eigenvalue weighted by Gasteiger charge is 2.15. The molecule has 1 amide bonds. The predicted octanol–water partition coefficient (Wildman–Crippen LogP) is 2.82. The monoisotopic (exact) mass is 294 g/mol. The summed E-state index contributed by atoms with van der Waals surface area (Å²) < 4.78 is 10.8. The van der Waals surface area contributed by atoms with E-state index in [0.29, 0.717) is 37.4 Å². The van der Waals surface area contributed by atoms with Gasteiger partial charge in [0.15, 0.2) is 0 Å². The van der Waals surface area contributed by atoms with Crippen LogP contribution in [0, 0.1) is 0 Å². The number of nitrogens with one attached hydrogen (secondary N) is 1. The van der Waals surface area contributed by atoms with Gasteiger partial charge in [0.05, 0.1) is 17.0 Å². The van der Waals surface area contributed by atoms with E-state index in [1.165, 1.54) is 0 Å². The average Bonchev–Trinajstić information content (AvgIpc) is 2.45. The van der Waals surface area contributed by atoms with Gasteiger partial charge in [-0.1, -0.05) is 12.1 Å². The summed E-state index contributed by atoms with van der Waals surface area (Å²) in [4.78, 5) is 11.8. The molecule has 0 bridgehead atoms. The Bertz CT molecular complexity index is 447. The molecule has 118 valence electrons. The number of para-hydroxylation sites is 2. The van der Waals surface area contributed by atoms with Crippen molar-refractivity contribution in [3.8, 4) is 0 Å². The van der Waals surface area contributed by atoms with Crippen LogP contribution in [0.2, 0.25) is 0 Å². The third-order valence-electron chi connectivity index (χ3n) is 3.33. The molecule has 1 aromatic rings. The van der Waals surface area contributed by atoms with E-state index in [1.807, 2.05) is 26.0 Å². The number of carbonyl (C=O) groups excluding carboxylic acids is 1. The summed E-state index contributed by atoms with van der Waals surface area (Å²) in [7, 11) is 1.69. The Kier molecular flexibility index (Phi) is 7.19. The number of rotatable bonds is 9. The Labute approximate surface area is 126 Å². The summed E-state index contributed by atoms with van der Waals surface area (Å²) in [6.07, 6.45) is 1.93. The van der Waals surface area contributed by atoms with Crippen LogP contribution in [0.25, 0.3) is 0 Å². The van der Waals surface area contributed by atoms with Crippen molar-refractivity contribution in [1.82, 2.24) is 0 Å². The van der Waals surface area contributed by atoms with Gasteiger partial charge in [-0.2, -0.15) is 0 Å². The number of carbonyl (C=O) groups is 1. The lowest BCUT2D eigenvalue weighted by molar-refractivity contribution is -0.116. The third kappa shape index (κ3) is 7.11. The van der Waals surface area contributed by atoms with E-state index < -0.39 is 0 Å². The van der Waals surface area contributed by atoms with Gasteiger partial charge >= 0.3 is 0 Å². The predicted molar refractivity (Wildman–Crippen MR) is 85.2 cm³/mol. The van der Waals surface area contributed by atoms with Gasteiger partial charge < -0.3 is 20.5 Å². The molecule has 0 spiro atoms. The summed E-state index contributed by atoms with van der Waals surface area (Å²) in [5, 5.41) is 2.79. The molecule has 0 radical (unpaired) electrons. The smallest absolute Gasteiger partial charge is 0.224 e. The highest BCUT2D eigenvalue weighted by atomic mass is 16.5. The minimum Gasteiger partial charge on any atom is -0.397 e. The summed E-state index contributed by atoms with van der Waals surface area (Å²) >= 11 is 0. The van der Waals surface area contributed by atoms with Crippen LogP contribution in [0.5, 0.6) is 0 Å². The Balaban J connectivity index is 2.13. The Morgan fingerprint density at radius 1 is 1.29 bits per heavy atom. The molecule has 0 saturated carbocycles. The topological polar surface area (TPSA) is 73.6 Å². The van der Waals surface area contributed by atoms with E-state index in [9.17, 15) is 4.79 Å². The van der Waals surface area contributed by atoms with Crippen LogP contribution >= 0.6 is 0 Å². The van der Waals surface area contributed by atoms with Gasteiger partial charge in [-0.25, -0.2) is 0 Å². The highest BCUT2D eigenvalue weighted by Crippen LogP contribution is 2.17. The van der Waals surface area contributed by atoms with Gasteiger partial charge in [0, 0.05) is 26.7 Å². The van der Waals surface area contributed by atoms with Crippen LogP contribution in [0.15, 0.2) is 24.3 Å². The second kappa shape index (κ2) is 8.64. The van der Waals surface area contributed by atoms with Crippen LogP contribution in [0.1, 0.15) is 33.1 Å². The summed E-state index contributed by atoms with van der Waals surface area (Å²) in [6.45, 7) is 5.24. The molecule has 0 saturated heterocycles. The van der Waals surface area contributed by atoms with E-state index in [2.05, 4.69) is 5.32 Å². The fourth-order valence-electron chi connectivity index (χ4n) is 1.68. The maximum Gasteiger partial charge on any atom is 0.224 e. The number of nitrogens with two attached hydrogens (primary N) is 1. The number of amides is 1. The maximum atomic E-state index is 11.8. The zero-order valence-electron chi connectivity index (χ0n) is 13.1. The number of ether oxygens (including phenoxy) is 2. The second-order valence-electron chi connectivity index (χ2n) is 5.57. The van der Waals surface area contributed by atoms with Crippen LogP contribution < -0.4 is 11.1 Å². The molecule has 0 aromatic heterocycles. The largest absolute Gasteiger partial charge is 0.397 e. The van der Waals surface area contributed by atoms with Gasteiger partial charge in [0.2, 0.25) is 5.91 Å². The van der Waals surface area contributed by atoms with E-state index >= 15 is 0 Å². The lowest BCUT2D eigenvalue weighted by Crippen LogP contribution is -2.24. The first-order chi connectivity index (χ1) is 9.94. The first-order valence-corrected chi connectivity index (χ1v) is 7.22. The molecule has 0 atom stereocenters. The lowest BCUT2D eigenvalue weighted by atomic mass is 10.1. The molecule has 0 aliphatic heterocycles. The van der Waals surface area contributed by atoms with Crippen molar-refractivity contribution in [3.05, 3.63) is 24.3 Å². The molecule has 0 aliphatic carbocycles. The zero-order valence-corrected chi connectivity index (χ0v) is 13.1. The van der Waals surface area contributed by atoms with Gasteiger partial charge in [0.25, 0.3) is 0 Å². The van der Waals surface area contributed by atoms with Gasteiger partial charge in [-0.15, -0.1) is 0 Å². The molecule has 0 unspecified atom stereocenters. The molecule has 1 aromatic carbocycles. The van der Waals surface area contributed by atoms with E-state index in [4.69, 9.17) is 15.2 Å². The number of benzene rings is 1. The van der Waals surface area contributed by atoms with Crippen LogP contribution in [-0.2, 0) is 14.3 Å². The molecule has 0 heterocycles. The zero-order chi connectivity index (χ0) is 15.7. The second-order valence-corrected chi connectivity index (χ2v) is 5.57. The Hall–Kier alpha value is -1.59. The quantitative estimate of drug-likeness (QED) is 0.542. The van der Waals surface area contributed by atoms with Crippen molar-refractivity contribution in [3.63, 3.8) is 0 Å². The number of methoxy groups -OCH3 is 1. The summed E-state index contributed by atoms with van der Waals surface area (Å²) in [5.74, 6) is -0.0475. The fraction of sp³-hybridized carbons (Fsp3) is 0.562. The molecule has 5 nitrogen and oxygen atoms in total. The summed E-state index contributed by atoms with van der Waals surface area (Å²) in [5.41, 5.74) is 6.83. The van der Waals surface area contributed by atoms with Crippen molar-refractivity contribution in [2.45, 2.75) is 38.7 Å². The normalized spacial score (nSPS) is 11.4. The van der Waals surface area contributed by atoms with Gasteiger partial charge in [-0.3, -0.25) is 4.79 Å². The standard InChI is InChI=1S/C16H26N2O3/c1-16(2,20-3)10-12-21-11-6-9-15(19)18-14-8-5-4-7-13(14)17/h4-5,7-8H,6,9-12,17H2,1-3H3,(H,18,19). The molecular formula is C16H26N2O3. The third-order valence-corrected chi connectivity index (χ3v) is 3.33. The number of hydrogen-bond donors (Lipinski definition) is 2. The van der Waals surface area contributed by atoms with Crippen molar-refractivity contribution in [2.75, 3.05) is 31.4 Å². The fourth-order valence-corrected chi connectivity index (χ4v) is 1.68. The van der Waals surface area contributed by atoms with Crippen LogP contribution in [0.4, 0.5) is 11.4 Å². The molecule has 21 heavy (non-hydrogen) atoms. The number of hydrogen-bond acceptors (Lipinski definition) is 4. The first-order valence-electron chi connectivity index (χ1n) is 7.22. The molecule has 5 heteroatoms. The molecule has 1 rings (SSSR count). The number of anilines is 2. The lowest BCUT2D eigenvalue weighted by Gasteiger charge is -2.22. The molecule has 3 N–H and O–H groups in total. The SMILES string of the molecule is COC(C)(C)CCOCCCC(=O)Nc1ccccc1N. The minimum absolute atomic E-state index is 0.0475. The molecule has 0 aliphatic rings. The minimum atomic E-state index is -0.164. The molecule has 0 fully saturated rings.